The van der Waals surface area contributed by atoms with E-state index in [4.69, 9.17) is 5.41 Å². The second-order valence-corrected chi connectivity index (χ2v) is 7.18. The van der Waals surface area contributed by atoms with Crippen molar-refractivity contribution in [3.8, 4) is 11.3 Å². The highest BCUT2D eigenvalue weighted by molar-refractivity contribution is 7.11. The number of aliphatic hydroxyl groups excluding tert-OH is 1. The molecule has 8 heteroatoms. The third kappa shape index (κ3) is 3.38. The topological polar surface area (TPSA) is 60.2 Å². The fraction of sp³-hybridized carbons (Fsp3) is 0.100. The van der Waals surface area contributed by atoms with Gasteiger partial charge in [-0.15, -0.1) is 11.3 Å². The van der Waals surface area contributed by atoms with E-state index in [9.17, 15) is 18.3 Å². The first-order chi connectivity index (χ1) is 13.4. The molecule has 28 heavy (non-hydrogen) atoms. The first-order valence-electron chi connectivity index (χ1n) is 8.34. The second kappa shape index (κ2) is 7.12. The molecule has 4 nitrogen and oxygen atoms in total. The van der Waals surface area contributed by atoms with Gasteiger partial charge in [0, 0.05) is 17.5 Å². The molecule has 2 heterocycles. The molecule has 2 aromatic carbocycles. The Morgan fingerprint density at radius 1 is 1.11 bits per heavy atom. The van der Waals surface area contributed by atoms with Crippen LogP contribution in [0.3, 0.4) is 0 Å². The van der Waals surface area contributed by atoms with Gasteiger partial charge in [0.25, 0.3) is 0 Å². The van der Waals surface area contributed by atoms with Crippen LogP contribution in [0.2, 0.25) is 0 Å². The van der Waals surface area contributed by atoms with Crippen molar-refractivity contribution in [2.24, 2.45) is 0 Å². The van der Waals surface area contributed by atoms with Crippen LogP contribution in [0.5, 0.6) is 0 Å². The van der Waals surface area contributed by atoms with Crippen molar-refractivity contribution in [1.29, 1.82) is 5.41 Å². The summed E-state index contributed by atoms with van der Waals surface area (Å²) in [7, 11) is 0. The number of rotatable bonds is 4. The van der Waals surface area contributed by atoms with E-state index in [2.05, 4.69) is 4.98 Å². The van der Waals surface area contributed by atoms with Crippen LogP contribution in [0.25, 0.3) is 16.8 Å². The number of aromatic nitrogens is 1. The Bertz CT molecular complexity index is 1110. The van der Waals surface area contributed by atoms with Gasteiger partial charge in [0.15, 0.2) is 11.6 Å². The Labute approximate surface area is 162 Å². The van der Waals surface area contributed by atoms with Gasteiger partial charge in [-0.1, -0.05) is 12.1 Å². The van der Waals surface area contributed by atoms with Crippen LogP contribution in [0, 0.1) is 22.9 Å². The molecule has 1 aliphatic heterocycles. The van der Waals surface area contributed by atoms with E-state index in [0.717, 1.165) is 12.1 Å². The van der Waals surface area contributed by atoms with Gasteiger partial charge >= 0.3 is 0 Å². The molecule has 0 unspecified atom stereocenters. The van der Waals surface area contributed by atoms with E-state index in [1.54, 1.807) is 22.4 Å². The minimum Gasteiger partial charge on any atom is -0.510 e. The first-order valence-corrected chi connectivity index (χ1v) is 9.22. The highest BCUT2D eigenvalue weighted by Crippen LogP contribution is 2.33. The SMILES string of the molecule is N=C1C(c2nc(-c3ccc(F)c(F)c3)cs2)=C(O)CN1Cc1cccc(F)c1. The molecule has 0 bridgehead atoms. The van der Waals surface area contributed by atoms with Gasteiger partial charge in [-0.2, -0.15) is 0 Å². The van der Waals surface area contributed by atoms with Gasteiger partial charge in [-0.3, -0.25) is 5.41 Å². The molecule has 0 fully saturated rings. The maximum absolute atomic E-state index is 13.5. The Kier molecular flexibility index (Phi) is 4.64. The van der Waals surface area contributed by atoms with E-state index >= 15 is 0 Å². The van der Waals surface area contributed by atoms with Crippen molar-refractivity contribution in [2.45, 2.75) is 6.54 Å². The molecular weight excluding hydrogens is 387 g/mol. The molecule has 2 N–H and O–H groups in total. The van der Waals surface area contributed by atoms with Gasteiger partial charge < -0.3 is 10.0 Å². The summed E-state index contributed by atoms with van der Waals surface area (Å²) in [6, 6.07) is 9.56. The average Bonchev–Trinajstić information content (AvgIpc) is 3.22. The van der Waals surface area contributed by atoms with E-state index in [-0.39, 0.29) is 36.1 Å². The zero-order chi connectivity index (χ0) is 19.8. The molecule has 0 radical (unpaired) electrons. The minimum absolute atomic E-state index is 0.00686. The summed E-state index contributed by atoms with van der Waals surface area (Å²) in [6.45, 7) is 0.385. The number of nitrogens with zero attached hydrogens (tertiary/aromatic N) is 2. The van der Waals surface area contributed by atoms with Crippen LogP contribution in [0.1, 0.15) is 10.6 Å². The maximum atomic E-state index is 13.5. The number of hydrogen-bond donors (Lipinski definition) is 2. The van der Waals surface area contributed by atoms with Crippen LogP contribution < -0.4 is 0 Å². The highest BCUT2D eigenvalue weighted by atomic mass is 32.1. The summed E-state index contributed by atoms with van der Waals surface area (Å²) in [4.78, 5) is 5.98. The lowest BCUT2D eigenvalue weighted by molar-refractivity contribution is 0.346. The van der Waals surface area contributed by atoms with Gasteiger partial charge in [-0.25, -0.2) is 18.2 Å². The number of benzene rings is 2. The summed E-state index contributed by atoms with van der Waals surface area (Å²) in [5.74, 6) is -2.20. The van der Waals surface area contributed by atoms with Gasteiger partial charge in [0.2, 0.25) is 0 Å². The molecule has 0 amide bonds. The fourth-order valence-corrected chi connectivity index (χ4v) is 3.92. The van der Waals surface area contributed by atoms with Crippen molar-refractivity contribution in [2.75, 3.05) is 6.54 Å². The summed E-state index contributed by atoms with van der Waals surface area (Å²) in [5, 5.41) is 20.8. The van der Waals surface area contributed by atoms with Gasteiger partial charge in [0.05, 0.1) is 17.8 Å². The molecule has 0 saturated carbocycles. The van der Waals surface area contributed by atoms with Crippen molar-refractivity contribution < 1.29 is 18.3 Å². The Morgan fingerprint density at radius 3 is 2.68 bits per heavy atom. The molecular formula is C20H14F3N3OS. The number of aliphatic hydroxyl groups is 1. The molecule has 1 aromatic heterocycles. The zero-order valence-corrected chi connectivity index (χ0v) is 15.2. The third-order valence-corrected chi connectivity index (χ3v) is 5.24. The molecule has 0 spiro atoms. The van der Waals surface area contributed by atoms with E-state index in [1.165, 1.54) is 29.5 Å². The molecule has 0 aliphatic carbocycles. The van der Waals surface area contributed by atoms with Crippen molar-refractivity contribution in [3.05, 3.63) is 81.6 Å². The molecule has 0 saturated heterocycles. The summed E-state index contributed by atoms with van der Waals surface area (Å²) < 4.78 is 40.0. The number of amidine groups is 1. The molecule has 1 aliphatic rings. The van der Waals surface area contributed by atoms with Gasteiger partial charge in [-0.05, 0) is 35.9 Å². The Morgan fingerprint density at radius 2 is 1.93 bits per heavy atom. The molecule has 142 valence electrons. The van der Waals surface area contributed by atoms with Crippen LogP contribution in [0.15, 0.2) is 53.6 Å². The number of halogens is 3. The van der Waals surface area contributed by atoms with Crippen molar-refractivity contribution in [1.82, 2.24) is 9.88 Å². The lowest BCUT2D eigenvalue weighted by atomic mass is 10.1. The van der Waals surface area contributed by atoms with Crippen LogP contribution in [-0.2, 0) is 6.54 Å². The Hall–Kier alpha value is -3.13. The average molecular weight is 401 g/mol. The molecule has 3 aromatic rings. The first kappa shape index (κ1) is 18.2. The standard InChI is InChI=1S/C20H14F3N3OS/c21-13-3-1-2-11(6-13)8-26-9-17(27)18(19(26)24)20-25-16(10-28-20)12-4-5-14(22)15(23)7-12/h1-7,10,24,27H,8-9H2. The fourth-order valence-electron chi connectivity index (χ4n) is 3.03. The third-order valence-electron chi connectivity index (χ3n) is 4.38. The van der Waals surface area contributed by atoms with Crippen LogP contribution in [0.4, 0.5) is 13.2 Å². The summed E-state index contributed by atoms with van der Waals surface area (Å²) in [5.41, 5.74) is 1.80. The lowest BCUT2D eigenvalue weighted by Crippen LogP contribution is -2.26. The zero-order valence-electron chi connectivity index (χ0n) is 14.4. The predicted molar refractivity (Wildman–Crippen MR) is 102 cm³/mol. The van der Waals surface area contributed by atoms with Gasteiger partial charge in [0.1, 0.15) is 22.4 Å². The number of thiazole rings is 1. The Balaban J connectivity index is 1.57. The number of hydrogen-bond acceptors (Lipinski definition) is 4. The predicted octanol–water partition coefficient (Wildman–Crippen LogP) is 4.99. The largest absolute Gasteiger partial charge is 0.510 e. The van der Waals surface area contributed by atoms with Crippen molar-refractivity contribution >= 4 is 22.7 Å². The highest BCUT2D eigenvalue weighted by Gasteiger charge is 2.30. The van der Waals surface area contributed by atoms with Crippen molar-refractivity contribution in [3.63, 3.8) is 0 Å². The smallest absolute Gasteiger partial charge is 0.159 e. The summed E-state index contributed by atoms with van der Waals surface area (Å²) >= 11 is 1.20. The lowest BCUT2D eigenvalue weighted by Gasteiger charge is -2.18. The maximum Gasteiger partial charge on any atom is 0.159 e. The summed E-state index contributed by atoms with van der Waals surface area (Å²) in [6.07, 6.45) is 0. The van der Waals surface area contributed by atoms with E-state index < -0.39 is 11.6 Å². The van der Waals surface area contributed by atoms with Crippen LogP contribution >= 0.6 is 11.3 Å². The van der Waals surface area contributed by atoms with E-state index in [0.29, 0.717) is 21.8 Å². The quantitative estimate of drug-likeness (QED) is 0.648. The van der Waals surface area contributed by atoms with Crippen LogP contribution in [-0.4, -0.2) is 27.4 Å². The normalized spacial score (nSPS) is 14.2. The molecule has 0 atom stereocenters. The number of nitrogens with one attached hydrogen (secondary N) is 1. The van der Waals surface area contributed by atoms with E-state index in [1.807, 2.05) is 0 Å². The monoisotopic (exact) mass is 401 g/mol. The molecule has 4 rings (SSSR count). The second-order valence-electron chi connectivity index (χ2n) is 6.32. The minimum atomic E-state index is -0.969.